The van der Waals surface area contributed by atoms with Crippen LogP contribution in [-0.2, 0) is 20.7 Å². The molecule has 3 aromatic rings. The second-order valence-electron chi connectivity index (χ2n) is 6.06. The van der Waals surface area contributed by atoms with Gasteiger partial charge < -0.3 is 14.4 Å². The van der Waals surface area contributed by atoms with Crippen molar-refractivity contribution in [1.82, 2.24) is 14.3 Å². The second kappa shape index (κ2) is 9.07. The standard InChI is InChI=1S/C19H22FN3O3S/c1-25-9-7-22(8-10-26-2)18(24)11-16-13-27-19-21-17(12-23(16)19)14-3-5-15(20)6-4-14/h3-6,12-13H,7-11H2,1-2H3. The first kappa shape index (κ1) is 19.5. The van der Waals surface area contributed by atoms with Crippen LogP contribution >= 0.6 is 11.3 Å². The highest BCUT2D eigenvalue weighted by molar-refractivity contribution is 7.15. The average molecular weight is 391 g/mol. The maximum atomic E-state index is 13.1. The largest absolute Gasteiger partial charge is 0.383 e. The number of ether oxygens (including phenoxy) is 2. The van der Waals surface area contributed by atoms with Gasteiger partial charge in [0.05, 0.1) is 25.3 Å². The van der Waals surface area contributed by atoms with E-state index in [1.165, 1.54) is 23.5 Å². The summed E-state index contributed by atoms with van der Waals surface area (Å²) in [5.41, 5.74) is 2.47. The van der Waals surface area contributed by atoms with E-state index in [-0.39, 0.29) is 18.1 Å². The summed E-state index contributed by atoms with van der Waals surface area (Å²) in [5, 5.41) is 1.94. The number of rotatable bonds is 9. The van der Waals surface area contributed by atoms with Crippen molar-refractivity contribution < 1.29 is 18.7 Å². The summed E-state index contributed by atoms with van der Waals surface area (Å²) in [4.78, 5) is 19.9. The van der Waals surface area contributed by atoms with Crippen LogP contribution in [0.3, 0.4) is 0 Å². The molecule has 144 valence electrons. The minimum atomic E-state index is -0.279. The van der Waals surface area contributed by atoms with Crippen molar-refractivity contribution in [2.75, 3.05) is 40.5 Å². The van der Waals surface area contributed by atoms with E-state index in [9.17, 15) is 9.18 Å². The highest BCUT2D eigenvalue weighted by Crippen LogP contribution is 2.24. The van der Waals surface area contributed by atoms with E-state index in [0.29, 0.717) is 26.3 Å². The van der Waals surface area contributed by atoms with Crippen LogP contribution in [0.2, 0.25) is 0 Å². The van der Waals surface area contributed by atoms with Gasteiger partial charge in [-0.25, -0.2) is 9.37 Å². The van der Waals surface area contributed by atoms with Crippen molar-refractivity contribution in [3.63, 3.8) is 0 Å². The van der Waals surface area contributed by atoms with Crippen molar-refractivity contribution >= 4 is 22.2 Å². The fraction of sp³-hybridized carbons (Fsp3) is 0.368. The molecule has 0 fully saturated rings. The monoisotopic (exact) mass is 391 g/mol. The number of imidazole rings is 1. The summed E-state index contributed by atoms with van der Waals surface area (Å²) < 4.78 is 25.2. The Morgan fingerprint density at radius 2 is 1.85 bits per heavy atom. The third-order valence-electron chi connectivity index (χ3n) is 4.24. The Morgan fingerprint density at radius 1 is 1.19 bits per heavy atom. The minimum Gasteiger partial charge on any atom is -0.383 e. The molecule has 0 saturated heterocycles. The Hall–Kier alpha value is -2.29. The van der Waals surface area contributed by atoms with Gasteiger partial charge in [-0.15, -0.1) is 11.3 Å². The molecule has 0 unspecified atom stereocenters. The first-order valence-electron chi connectivity index (χ1n) is 8.59. The van der Waals surface area contributed by atoms with Gasteiger partial charge in [0.25, 0.3) is 0 Å². The number of benzene rings is 1. The van der Waals surface area contributed by atoms with Gasteiger partial charge in [0.15, 0.2) is 4.96 Å². The van der Waals surface area contributed by atoms with Crippen LogP contribution in [0, 0.1) is 5.82 Å². The molecule has 1 amide bonds. The zero-order valence-electron chi connectivity index (χ0n) is 15.4. The first-order chi connectivity index (χ1) is 13.1. The normalized spacial score (nSPS) is 11.2. The predicted molar refractivity (Wildman–Crippen MR) is 102 cm³/mol. The predicted octanol–water partition coefficient (Wildman–Crippen LogP) is 2.87. The van der Waals surface area contributed by atoms with Crippen LogP contribution in [0.25, 0.3) is 16.2 Å². The zero-order chi connectivity index (χ0) is 19.2. The van der Waals surface area contributed by atoms with E-state index < -0.39 is 0 Å². The van der Waals surface area contributed by atoms with Crippen molar-refractivity contribution in [3.8, 4) is 11.3 Å². The summed E-state index contributed by atoms with van der Waals surface area (Å²) in [6, 6.07) is 6.22. The van der Waals surface area contributed by atoms with Crippen LogP contribution in [0.4, 0.5) is 4.39 Å². The van der Waals surface area contributed by atoms with Crippen LogP contribution in [0.5, 0.6) is 0 Å². The molecule has 6 nitrogen and oxygen atoms in total. The Kier molecular flexibility index (Phi) is 6.54. The molecule has 0 aliphatic carbocycles. The molecule has 0 N–H and O–H groups in total. The molecular weight excluding hydrogens is 369 g/mol. The fourth-order valence-electron chi connectivity index (χ4n) is 2.75. The smallest absolute Gasteiger partial charge is 0.228 e. The number of fused-ring (bicyclic) bond motifs is 1. The fourth-order valence-corrected chi connectivity index (χ4v) is 3.62. The molecule has 27 heavy (non-hydrogen) atoms. The molecule has 0 saturated carbocycles. The quantitative estimate of drug-likeness (QED) is 0.563. The maximum Gasteiger partial charge on any atom is 0.228 e. The third-order valence-corrected chi connectivity index (χ3v) is 5.13. The summed E-state index contributed by atoms with van der Waals surface area (Å²) in [6.45, 7) is 2.01. The van der Waals surface area contributed by atoms with Gasteiger partial charge in [0.1, 0.15) is 5.82 Å². The molecule has 0 bridgehead atoms. The number of hydrogen-bond acceptors (Lipinski definition) is 5. The van der Waals surface area contributed by atoms with Crippen LogP contribution in [-0.4, -0.2) is 60.7 Å². The van der Waals surface area contributed by atoms with Gasteiger partial charge in [-0.2, -0.15) is 0 Å². The lowest BCUT2D eigenvalue weighted by Crippen LogP contribution is -2.37. The molecule has 0 radical (unpaired) electrons. The van der Waals surface area contributed by atoms with Crippen molar-refractivity contribution in [1.29, 1.82) is 0 Å². The number of hydrogen-bond donors (Lipinski definition) is 0. The van der Waals surface area contributed by atoms with Crippen molar-refractivity contribution in [2.24, 2.45) is 0 Å². The van der Waals surface area contributed by atoms with E-state index in [4.69, 9.17) is 9.47 Å². The summed E-state index contributed by atoms with van der Waals surface area (Å²) in [5.74, 6) is -0.265. The maximum absolute atomic E-state index is 13.1. The van der Waals surface area contributed by atoms with Crippen LogP contribution < -0.4 is 0 Å². The Bertz CT molecular complexity index is 883. The lowest BCUT2D eigenvalue weighted by atomic mass is 10.2. The summed E-state index contributed by atoms with van der Waals surface area (Å²) in [6.07, 6.45) is 2.16. The Labute approximate surface area is 161 Å². The number of thiazole rings is 1. The van der Waals surface area contributed by atoms with Gasteiger partial charge in [0, 0.05) is 50.1 Å². The van der Waals surface area contributed by atoms with E-state index in [2.05, 4.69) is 4.98 Å². The number of methoxy groups -OCH3 is 2. The molecule has 3 rings (SSSR count). The first-order valence-corrected chi connectivity index (χ1v) is 9.47. The van der Waals surface area contributed by atoms with Gasteiger partial charge in [-0.1, -0.05) is 0 Å². The number of carbonyl (C=O) groups excluding carboxylic acids is 1. The molecule has 0 aliphatic heterocycles. The topological polar surface area (TPSA) is 56.1 Å². The lowest BCUT2D eigenvalue weighted by molar-refractivity contribution is -0.131. The zero-order valence-corrected chi connectivity index (χ0v) is 16.2. The molecular formula is C19H22FN3O3S. The Balaban J connectivity index is 1.77. The van der Waals surface area contributed by atoms with Crippen molar-refractivity contribution in [2.45, 2.75) is 6.42 Å². The SMILES string of the molecule is COCCN(CCOC)C(=O)Cc1csc2nc(-c3ccc(F)cc3)cn12. The number of carbonyl (C=O) groups is 1. The van der Waals surface area contributed by atoms with Crippen LogP contribution in [0.1, 0.15) is 5.69 Å². The van der Waals surface area contributed by atoms with E-state index in [1.54, 1.807) is 31.3 Å². The molecule has 0 aliphatic rings. The van der Waals surface area contributed by atoms with Crippen LogP contribution in [0.15, 0.2) is 35.8 Å². The Morgan fingerprint density at radius 3 is 2.48 bits per heavy atom. The van der Waals surface area contributed by atoms with E-state index in [1.807, 2.05) is 16.0 Å². The molecule has 0 spiro atoms. The third kappa shape index (κ3) is 4.71. The van der Waals surface area contributed by atoms with Gasteiger partial charge >= 0.3 is 0 Å². The van der Waals surface area contributed by atoms with E-state index >= 15 is 0 Å². The van der Waals surface area contributed by atoms with Gasteiger partial charge in [-0.05, 0) is 24.3 Å². The average Bonchev–Trinajstić information content (AvgIpc) is 3.24. The molecule has 0 atom stereocenters. The highest BCUT2D eigenvalue weighted by Gasteiger charge is 2.17. The highest BCUT2D eigenvalue weighted by atomic mass is 32.1. The molecule has 2 aromatic heterocycles. The van der Waals surface area contributed by atoms with E-state index in [0.717, 1.165) is 21.9 Å². The second-order valence-corrected chi connectivity index (χ2v) is 6.89. The number of halogens is 1. The summed E-state index contributed by atoms with van der Waals surface area (Å²) in [7, 11) is 3.23. The minimum absolute atomic E-state index is 0.0147. The number of nitrogens with zero attached hydrogens (tertiary/aromatic N) is 3. The number of amides is 1. The number of aromatic nitrogens is 2. The van der Waals surface area contributed by atoms with Gasteiger partial charge in [0.2, 0.25) is 5.91 Å². The lowest BCUT2D eigenvalue weighted by Gasteiger charge is -2.21. The molecule has 1 aromatic carbocycles. The van der Waals surface area contributed by atoms with Crippen molar-refractivity contribution in [3.05, 3.63) is 47.4 Å². The van der Waals surface area contributed by atoms with Gasteiger partial charge in [-0.3, -0.25) is 9.20 Å². The summed E-state index contributed by atoms with van der Waals surface area (Å²) >= 11 is 1.48. The molecule has 2 heterocycles. The molecule has 8 heteroatoms.